The largest absolute Gasteiger partial charge is 0.371 e. The molecule has 1 saturated carbocycles. The number of hydrogen-bond donors (Lipinski definition) is 0. The Morgan fingerprint density at radius 1 is 1.38 bits per heavy atom. The maximum absolute atomic E-state index is 11.4. The fourth-order valence-electron chi connectivity index (χ4n) is 2.16. The van der Waals surface area contributed by atoms with Crippen molar-refractivity contribution in [1.82, 2.24) is 0 Å². The van der Waals surface area contributed by atoms with Crippen LogP contribution in [0, 0.1) is 11.8 Å². The molecule has 2 heteroatoms. The first kappa shape index (κ1) is 8.95. The second-order valence-corrected chi connectivity index (χ2v) is 4.94. The molecule has 0 spiro atoms. The molecule has 0 radical (unpaired) electrons. The molecule has 2 nitrogen and oxygen atoms in total. The quantitative estimate of drug-likeness (QED) is 0.576. The Balaban J connectivity index is 2.09. The molecule has 2 rings (SSSR count). The third-order valence-electron chi connectivity index (χ3n) is 2.64. The molecule has 72 valence electrons. The first-order valence-electron chi connectivity index (χ1n) is 4.86. The van der Waals surface area contributed by atoms with Crippen molar-refractivity contribution in [3.8, 4) is 0 Å². The third kappa shape index (κ3) is 1.55. The molecule has 0 N–H and O–H groups in total. The Hall–Kier alpha value is -0.630. The first-order chi connectivity index (χ1) is 5.97. The van der Waals surface area contributed by atoms with E-state index in [0.717, 1.165) is 0 Å². The average molecular weight is 180 g/mol. The second-order valence-electron chi connectivity index (χ2n) is 4.94. The van der Waals surface area contributed by atoms with Crippen molar-refractivity contribution < 1.29 is 9.53 Å². The van der Waals surface area contributed by atoms with Gasteiger partial charge in [0.25, 0.3) is 0 Å². The second kappa shape index (κ2) is 2.68. The van der Waals surface area contributed by atoms with Crippen molar-refractivity contribution in [2.45, 2.75) is 38.9 Å². The lowest BCUT2D eigenvalue weighted by Crippen LogP contribution is -2.31. The van der Waals surface area contributed by atoms with Crippen molar-refractivity contribution in [1.29, 1.82) is 0 Å². The van der Waals surface area contributed by atoms with E-state index in [1.807, 2.05) is 26.8 Å². The molecule has 3 unspecified atom stereocenters. The summed E-state index contributed by atoms with van der Waals surface area (Å²) in [6.07, 6.45) is 4.93. The van der Waals surface area contributed by atoms with Gasteiger partial charge < -0.3 is 4.74 Å². The van der Waals surface area contributed by atoms with Crippen molar-refractivity contribution in [2.24, 2.45) is 11.8 Å². The number of Topliss-reactive ketones (excluding diaryl/α,β-unsaturated/α-hetero) is 1. The molecule has 2 aliphatic rings. The SMILES string of the molecule is CC(C)(C)OC1C2C=CC1C(=O)C2. The predicted molar refractivity (Wildman–Crippen MR) is 50.4 cm³/mol. The Kier molecular flexibility index (Phi) is 1.84. The van der Waals surface area contributed by atoms with Crippen LogP contribution in [0.15, 0.2) is 12.2 Å². The summed E-state index contributed by atoms with van der Waals surface area (Å²) >= 11 is 0. The highest BCUT2D eigenvalue weighted by Crippen LogP contribution is 2.40. The lowest BCUT2D eigenvalue weighted by molar-refractivity contribution is -0.123. The van der Waals surface area contributed by atoms with Gasteiger partial charge in [0.2, 0.25) is 0 Å². The molecule has 2 aliphatic carbocycles. The first-order valence-corrected chi connectivity index (χ1v) is 4.86. The number of carbonyl (C=O) groups is 1. The van der Waals surface area contributed by atoms with Gasteiger partial charge in [-0.3, -0.25) is 4.79 Å². The normalized spacial score (nSPS) is 37.5. The lowest BCUT2D eigenvalue weighted by Gasteiger charge is -2.27. The van der Waals surface area contributed by atoms with E-state index in [-0.39, 0.29) is 17.6 Å². The van der Waals surface area contributed by atoms with Crippen molar-refractivity contribution in [2.75, 3.05) is 0 Å². The van der Waals surface area contributed by atoms with Crippen LogP contribution in [0.2, 0.25) is 0 Å². The fourth-order valence-corrected chi connectivity index (χ4v) is 2.16. The zero-order valence-electron chi connectivity index (χ0n) is 8.41. The minimum absolute atomic E-state index is 0.0456. The van der Waals surface area contributed by atoms with Crippen LogP contribution in [0.5, 0.6) is 0 Å². The van der Waals surface area contributed by atoms with Crippen LogP contribution in [0.3, 0.4) is 0 Å². The van der Waals surface area contributed by atoms with Gasteiger partial charge >= 0.3 is 0 Å². The predicted octanol–water partition coefficient (Wildman–Crippen LogP) is 1.95. The molecule has 2 bridgehead atoms. The Morgan fingerprint density at radius 3 is 2.46 bits per heavy atom. The van der Waals surface area contributed by atoms with Crippen LogP contribution in [0.1, 0.15) is 27.2 Å². The van der Waals surface area contributed by atoms with Crippen LogP contribution >= 0.6 is 0 Å². The summed E-state index contributed by atoms with van der Waals surface area (Å²) in [5.41, 5.74) is -0.141. The van der Waals surface area contributed by atoms with Crippen molar-refractivity contribution >= 4 is 5.78 Å². The van der Waals surface area contributed by atoms with Gasteiger partial charge in [0.05, 0.1) is 17.6 Å². The molecule has 0 heterocycles. The van der Waals surface area contributed by atoms with Crippen molar-refractivity contribution in [3.05, 3.63) is 12.2 Å². The summed E-state index contributed by atoms with van der Waals surface area (Å²) in [5.74, 6) is 0.739. The summed E-state index contributed by atoms with van der Waals surface area (Å²) in [6, 6.07) is 0. The molecular formula is C11H16O2. The van der Waals surface area contributed by atoms with Crippen LogP contribution in [-0.4, -0.2) is 17.5 Å². The maximum Gasteiger partial charge on any atom is 0.143 e. The van der Waals surface area contributed by atoms with E-state index in [9.17, 15) is 4.79 Å². The average Bonchev–Trinajstić information content (AvgIpc) is 2.42. The van der Waals surface area contributed by atoms with Gasteiger partial charge in [-0.05, 0) is 20.8 Å². The summed E-state index contributed by atoms with van der Waals surface area (Å²) in [5, 5.41) is 0. The van der Waals surface area contributed by atoms with Crippen LogP contribution < -0.4 is 0 Å². The maximum atomic E-state index is 11.4. The smallest absolute Gasteiger partial charge is 0.143 e. The van der Waals surface area contributed by atoms with E-state index in [0.29, 0.717) is 18.1 Å². The van der Waals surface area contributed by atoms with Gasteiger partial charge in [-0.25, -0.2) is 0 Å². The minimum Gasteiger partial charge on any atom is -0.371 e. The molecule has 3 atom stereocenters. The minimum atomic E-state index is -0.141. The van der Waals surface area contributed by atoms with E-state index in [1.165, 1.54) is 0 Å². The molecule has 0 saturated heterocycles. The van der Waals surface area contributed by atoms with Crippen LogP contribution in [0.4, 0.5) is 0 Å². The van der Waals surface area contributed by atoms with Crippen LogP contribution in [0.25, 0.3) is 0 Å². The van der Waals surface area contributed by atoms with Gasteiger partial charge in [-0.2, -0.15) is 0 Å². The summed E-state index contributed by atoms with van der Waals surface area (Å²) in [6.45, 7) is 6.11. The number of rotatable bonds is 1. The fraction of sp³-hybridized carbons (Fsp3) is 0.727. The lowest BCUT2D eigenvalue weighted by atomic mass is 10.1. The molecule has 0 aromatic rings. The summed E-state index contributed by atoms with van der Waals surface area (Å²) < 4.78 is 5.87. The Morgan fingerprint density at radius 2 is 2.08 bits per heavy atom. The van der Waals surface area contributed by atoms with Crippen molar-refractivity contribution in [3.63, 3.8) is 0 Å². The van der Waals surface area contributed by atoms with Gasteiger partial charge in [0.15, 0.2) is 0 Å². The molecule has 1 fully saturated rings. The van der Waals surface area contributed by atoms with Gasteiger partial charge in [0, 0.05) is 12.3 Å². The monoisotopic (exact) mass is 180 g/mol. The number of ether oxygens (including phenoxy) is 1. The standard InChI is InChI=1S/C11H16O2/c1-11(2,3)13-10-7-4-5-8(10)9(12)6-7/h4-5,7-8,10H,6H2,1-3H3. The third-order valence-corrected chi connectivity index (χ3v) is 2.64. The summed E-state index contributed by atoms with van der Waals surface area (Å²) in [4.78, 5) is 11.4. The van der Waals surface area contributed by atoms with Crippen LogP contribution in [-0.2, 0) is 9.53 Å². The highest BCUT2D eigenvalue weighted by molar-refractivity contribution is 5.87. The number of ketones is 1. The molecule has 0 aromatic heterocycles. The van der Waals surface area contributed by atoms with E-state index < -0.39 is 0 Å². The number of hydrogen-bond acceptors (Lipinski definition) is 2. The molecule has 0 aliphatic heterocycles. The van der Waals surface area contributed by atoms with E-state index in [1.54, 1.807) is 0 Å². The molecule has 13 heavy (non-hydrogen) atoms. The highest BCUT2D eigenvalue weighted by atomic mass is 16.5. The number of carbonyl (C=O) groups excluding carboxylic acids is 1. The van der Waals surface area contributed by atoms with E-state index in [4.69, 9.17) is 4.74 Å². The number of fused-ring (bicyclic) bond motifs is 2. The van der Waals surface area contributed by atoms with E-state index in [2.05, 4.69) is 6.08 Å². The van der Waals surface area contributed by atoms with E-state index >= 15 is 0 Å². The zero-order chi connectivity index (χ0) is 9.64. The van der Waals surface area contributed by atoms with Gasteiger partial charge in [0.1, 0.15) is 5.78 Å². The summed E-state index contributed by atoms with van der Waals surface area (Å²) in [7, 11) is 0. The van der Waals surface area contributed by atoms with Gasteiger partial charge in [-0.1, -0.05) is 12.2 Å². The molecular weight excluding hydrogens is 164 g/mol. The topological polar surface area (TPSA) is 26.3 Å². The highest BCUT2D eigenvalue weighted by Gasteiger charge is 2.46. The zero-order valence-corrected chi connectivity index (χ0v) is 8.41. The molecule has 0 amide bonds. The van der Waals surface area contributed by atoms with Gasteiger partial charge in [-0.15, -0.1) is 0 Å². The Bertz CT molecular complexity index is 260. The Labute approximate surface area is 79.0 Å². The molecule has 0 aromatic carbocycles.